The molecule has 0 aromatic heterocycles. The maximum atomic E-state index is 12.9. The van der Waals surface area contributed by atoms with Gasteiger partial charge in [-0.15, -0.1) is 0 Å². The largest absolute Gasteiger partial charge is 0.495 e. The van der Waals surface area contributed by atoms with Crippen LogP contribution in [0.15, 0.2) is 29.2 Å². The fraction of sp³-hybridized carbons (Fsp3) is 0.529. The molecule has 2 aliphatic rings. The summed E-state index contributed by atoms with van der Waals surface area (Å²) in [5, 5.41) is 14.3. The van der Waals surface area contributed by atoms with E-state index in [0.29, 0.717) is 31.6 Å². The standard InChI is InChI=1S/C17H21N3O4S/c1-24-14-4-2-3-5-15(14)25(22,23)13-8-12(19-10-13)9-16(21)20-17(11-18)6-7-17/h2-5,12-13,19H,6-10H2,1H3,(H,20,21)/t12-,13-/m1/s1. The normalized spacial score (nSPS) is 24.3. The van der Waals surface area contributed by atoms with E-state index in [-0.39, 0.29) is 23.3 Å². The van der Waals surface area contributed by atoms with E-state index >= 15 is 0 Å². The molecule has 1 aliphatic carbocycles. The van der Waals surface area contributed by atoms with E-state index in [0.717, 1.165) is 0 Å². The Morgan fingerprint density at radius 3 is 2.80 bits per heavy atom. The molecule has 134 valence electrons. The molecular weight excluding hydrogens is 342 g/mol. The topological polar surface area (TPSA) is 108 Å². The SMILES string of the molecule is COc1ccccc1S(=O)(=O)[C@H]1CN[C@@H](CC(=O)NC2(C#N)CC2)C1. The van der Waals surface area contributed by atoms with Crippen molar-refractivity contribution in [2.45, 2.75) is 47.4 Å². The van der Waals surface area contributed by atoms with Gasteiger partial charge in [0.15, 0.2) is 9.84 Å². The molecule has 1 saturated heterocycles. The molecule has 2 atom stereocenters. The molecule has 25 heavy (non-hydrogen) atoms. The van der Waals surface area contributed by atoms with E-state index in [1.165, 1.54) is 13.2 Å². The highest BCUT2D eigenvalue weighted by atomic mass is 32.2. The molecule has 0 spiro atoms. The fourth-order valence-electron chi connectivity index (χ4n) is 3.14. The molecule has 1 aliphatic heterocycles. The van der Waals surface area contributed by atoms with E-state index in [2.05, 4.69) is 16.7 Å². The molecule has 1 heterocycles. The van der Waals surface area contributed by atoms with Crippen LogP contribution in [0, 0.1) is 11.3 Å². The van der Waals surface area contributed by atoms with Gasteiger partial charge in [-0.1, -0.05) is 12.1 Å². The number of hydrogen-bond acceptors (Lipinski definition) is 6. The molecule has 3 rings (SSSR count). The summed E-state index contributed by atoms with van der Waals surface area (Å²) in [5.74, 6) is 0.111. The van der Waals surface area contributed by atoms with Crippen LogP contribution in [0.5, 0.6) is 5.75 Å². The van der Waals surface area contributed by atoms with Crippen LogP contribution in [0.1, 0.15) is 25.7 Å². The van der Waals surface area contributed by atoms with Crippen LogP contribution in [-0.4, -0.2) is 44.8 Å². The van der Waals surface area contributed by atoms with Crippen molar-refractivity contribution < 1.29 is 17.9 Å². The van der Waals surface area contributed by atoms with E-state index in [1.807, 2.05) is 0 Å². The lowest BCUT2D eigenvalue weighted by atomic mass is 10.1. The molecule has 0 bridgehead atoms. The van der Waals surface area contributed by atoms with Gasteiger partial charge in [0.25, 0.3) is 0 Å². The van der Waals surface area contributed by atoms with E-state index < -0.39 is 20.6 Å². The van der Waals surface area contributed by atoms with Crippen molar-refractivity contribution in [2.75, 3.05) is 13.7 Å². The molecule has 7 nitrogen and oxygen atoms in total. The van der Waals surface area contributed by atoms with Crippen molar-refractivity contribution in [2.24, 2.45) is 0 Å². The minimum absolute atomic E-state index is 0.168. The molecule has 0 radical (unpaired) electrons. The third-order valence-corrected chi connectivity index (χ3v) is 6.96. The number of benzene rings is 1. The second-order valence-corrected chi connectivity index (χ2v) is 8.80. The predicted molar refractivity (Wildman–Crippen MR) is 90.7 cm³/mol. The number of sulfone groups is 1. The van der Waals surface area contributed by atoms with Gasteiger partial charge in [-0.2, -0.15) is 5.26 Å². The number of nitriles is 1. The van der Waals surface area contributed by atoms with Crippen molar-refractivity contribution in [3.05, 3.63) is 24.3 Å². The second-order valence-electron chi connectivity index (χ2n) is 6.60. The number of nitrogens with zero attached hydrogens (tertiary/aromatic N) is 1. The monoisotopic (exact) mass is 363 g/mol. The van der Waals surface area contributed by atoms with E-state index in [1.54, 1.807) is 18.2 Å². The smallest absolute Gasteiger partial charge is 0.222 e. The summed E-state index contributed by atoms with van der Waals surface area (Å²) < 4.78 is 30.9. The summed E-state index contributed by atoms with van der Waals surface area (Å²) in [4.78, 5) is 12.2. The maximum Gasteiger partial charge on any atom is 0.222 e. The Labute approximate surface area is 147 Å². The van der Waals surface area contributed by atoms with Crippen LogP contribution in [0.25, 0.3) is 0 Å². The highest BCUT2D eigenvalue weighted by Crippen LogP contribution is 2.35. The van der Waals surface area contributed by atoms with Crippen molar-refractivity contribution >= 4 is 15.7 Å². The first-order chi connectivity index (χ1) is 11.9. The van der Waals surface area contributed by atoms with Gasteiger partial charge in [0.2, 0.25) is 5.91 Å². The Morgan fingerprint density at radius 1 is 1.44 bits per heavy atom. The average Bonchev–Trinajstić information content (AvgIpc) is 3.21. The van der Waals surface area contributed by atoms with Gasteiger partial charge in [0.05, 0.1) is 18.4 Å². The summed E-state index contributed by atoms with van der Waals surface area (Å²) in [6, 6.07) is 8.45. The molecule has 1 amide bonds. The van der Waals surface area contributed by atoms with E-state index in [9.17, 15) is 13.2 Å². The molecular formula is C17H21N3O4S. The molecule has 2 N–H and O–H groups in total. The van der Waals surface area contributed by atoms with Crippen molar-refractivity contribution in [1.82, 2.24) is 10.6 Å². The first-order valence-electron chi connectivity index (χ1n) is 8.23. The fourth-order valence-corrected chi connectivity index (χ4v) is 5.00. The zero-order valence-corrected chi connectivity index (χ0v) is 14.8. The predicted octanol–water partition coefficient (Wildman–Crippen LogP) is 0.762. The van der Waals surface area contributed by atoms with Crippen LogP contribution in [0.3, 0.4) is 0 Å². The number of ether oxygens (including phenoxy) is 1. The Balaban J connectivity index is 1.64. The third-order valence-electron chi connectivity index (χ3n) is 4.77. The third kappa shape index (κ3) is 3.62. The van der Waals surface area contributed by atoms with Crippen molar-refractivity contribution in [3.63, 3.8) is 0 Å². The number of hydrogen-bond donors (Lipinski definition) is 2. The lowest BCUT2D eigenvalue weighted by Gasteiger charge is -2.15. The van der Waals surface area contributed by atoms with Crippen LogP contribution in [0.2, 0.25) is 0 Å². The van der Waals surface area contributed by atoms with Gasteiger partial charge in [-0.05, 0) is 31.4 Å². The van der Waals surface area contributed by atoms with Crippen molar-refractivity contribution in [1.29, 1.82) is 5.26 Å². The van der Waals surface area contributed by atoms with Crippen LogP contribution in [-0.2, 0) is 14.6 Å². The van der Waals surface area contributed by atoms with Gasteiger partial charge in [0, 0.05) is 19.0 Å². The number of rotatable bonds is 6. The molecule has 1 saturated carbocycles. The Hall–Kier alpha value is -2.11. The average molecular weight is 363 g/mol. The van der Waals surface area contributed by atoms with Crippen LogP contribution < -0.4 is 15.4 Å². The maximum absolute atomic E-state index is 12.9. The summed E-state index contributed by atoms with van der Waals surface area (Å²) in [6.45, 7) is 0.293. The Morgan fingerprint density at radius 2 is 2.16 bits per heavy atom. The summed E-state index contributed by atoms with van der Waals surface area (Å²) in [5.41, 5.74) is -0.696. The van der Waals surface area contributed by atoms with Gasteiger partial charge >= 0.3 is 0 Å². The molecule has 1 aromatic carbocycles. The molecule has 2 fully saturated rings. The number of carbonyl (C=O) groups excluding carboxylic acids is 1. The van der Waals surface area contributed by atoms with Crippen LogP contribution in [0.4, 0.5) is 0 Å². The van der Waals surface area contributed by atoms with Crippen molar-refractivity contribution in [3.8, 4) is 11.8 Å². The summed E-state index contributed by atoms with van der Waals surface area (Å²) in [7, 11) is -2.11. The van der Waals surface area contributed by atoms with E-state index in [4.69, 9.17) is 10.00 Å². The van der Waals surface area contributed by atoms with Crippen LogP contribution >= 0.6 is 0 Å². The lowest BCUT2D eigenvalue weighted by Crippen LogP contribution is -2.39. The number of amides is 1. The number of nitrogens with one attached hydrogen (secondary N) is 2. The minimum Gasteiger partial charge on any atom is -0.495 e. The zero-order valence-electron chi connectivity index (χ0n) is 14.0. The van der Waals surface area contributed by atoms with Gasteiger partial charge in [-0.25, -0.2) is 8.42 Å². The number of para-hydroxylation sites is 1. The number of methoxy groups -OCH3 is 1. The molecule has 8 heteroatoms. The number of carbonyl (C=O) groups is 1. The highest BCUT2D eigenvalue weighted by Gasteiger charge is 2.45. The Bertz CT molecular complexity index is 811. The quantitative estimate of drug-likeness (QED) is 0.772. The first kappa shape index (κ1) is 17.7. The first-order valence-corrected chi connectivity index (χ1v) is 9.77. The summed E-state index contributed by atoms with van der Waals surface area (Å²) >= 11 is 0. The van der Waals surface area contributed by atoms with Gasteiger partial charge in [0.1, 0.15) is 16.2 Å². The Kier molecular flexibility index (Phi) is 4.71. The molecule has 0 unspecified atom stereocenters. The zero-order chi connectivity index (χ0) is 18.1. The minimum atomic E-state index is -3.55. The second kappa shape index (κ2) is 6.65. The van der Waals surface area contributed by atoms with Gasteiger partial charge < -0.3 is 15.4 Å². The summed E-state index contributed by atoms with van der Waals surface area (Å²) in [6.07, 6.45) is 1.88. The lowest BCUT2D eigenvalue weighted by molar-refractivity contribution is -0.122. The highest BCUT2D eigenvalue weighted by molar-refractivity contribution is 7.92. The molecule has 1 aromatic rings. The van der Waals surface area contributed by atoms with Gasteiger partial charge in [-0.3, -0.25) is 4.79 Å².